The third-order valence-corrected chi connectivity index (χ3v) is 5.86. The fourth-order valence-corrected chi connectivity index (χ4v) is 4.38. The third kappa shape index (κ3) is 2.62. The lowest BCUT2D eigenvalue weighted by atomic mass is 10.2. The zero-order valence-electron chi connectivity index (χ0n) is 14.8. The van der Waals surface area contributed by atoms with Gasteiger partial charge in [0.1, 0.15) is 5.75 Å². The lowest BCUT2D eigenvalue weighted by molar-refractivity contribution is 0.411. The molecule has 0 aliphatic rings. The molecule has 0 N–H and O–H groups in total. The number of hydrogen-bond donors (Lipinski definition) is 0. The van der Waals surface area contributed by atoms with Crippen LogP contribution in [0.3, 0.4) is 0 Å². The topological polar surface area (TPSA) is 105 Å². The van der Waals surface area contributed by atoms with E-state index in [1.54, 1.807) is 24.3 Å². The minimum Gasteiger partial charge on any atom is -0.496 e. The average Bonchev–Trinajstić information content (AvgIpc) is 2.96. The van der Waals surface area contributed by atoms with Gasteiger partial charge in [0, 0.05) is 26.7 Å². The molecule has 26 heavy (non-hydrogen) atoms. The number of methoxy groups -OCH3 is 1. The van der Waals surface area contributed by atoms with Crippen molar-refractivity contribution in [1.82, 2.24) is 18.7 Å². The Kier molecular flexibility index (Phi) is 4.23. The number of benzene rings is 1. The van der Waals surface area contributed by atoms with E-state index in [4.69, 9.17) is 4.74 Å². The smallest absolute Gasteiger partial charge is 0.332 e. The number of nitrogens with zero attached hydrogens (tertiary/aromatic N) is 4. The first kappa shape index (κ1) is 17.9. The Hall–Kier alpha value is -2.88. The van der Waals surface area contributed by atoms with Gasteiger partial charge in [-0.25, -0.2) is 13.2 Å². The highest BCUT2D eigenvalue weighted by Gasteiger charge is 2.27. The number of para-hydroxylation sites is 1. The van der Waals surface area contributed by atoms with E-state index in [0.29, 0.717) is 11.3 Å². The molecule has 3 aromatic rings. The van der Waals surface area contributed by atoms with Crippen LogP contribution in [0.15, 0.2) is 39.0 Å². The molecule has 3 rings (SSSR count). The molecule has 9 nitrogen and oxygen atoms in total. The first-order valence-corrected chi connectivity index (χ1v) is 9.31. The van der Waals surface area contributed by atoms with Gasteiger partial charge in [0.05, 0.1) is 12.9 Å². The summed E-state index contributed by atoms with van der Waals surface area (Å²) in [5.74, 6) is 0.0979. The quantitative estimate of drug-likeness (QED) is 0.630. The Labute approximate surface area is 149 Å². The van der Waals surface area contributed by atoms with E-state index < -0.39 is 21.1 Å². The highest BCUT2D eigenvalue weighted by atomic mass is 32.2. The molecule has 138 valence electrons. The van der Waals surface area contributed by atoms with Crippen LogP contribution in [0.5, 0.6) is 5.75 Å². The van der Waals surface area contributed by atoms with Gasteiger partial charge in [0.25, 0.3) is 5.56 Å². The van der Waals surface area contributed by atoms with Crippen LogP contribution in [-0.4, -0.2) is 34.2 Å². The zero-order valence-corrected chi connectivity index (χ0v) is 15.6. The van der Waals surface area contributed by atoms with E-state index in [0.717, 1.165) is 9.13 Å². The fraction of sp³-hybridized carbons (Fsp3) is 0.312. The number of aryl methyl sites for hydroxylation is 2. The maximum atomic E-state index is 12.9. The van der Waals surface area contributed by atoms with Crippen LogP contribution in [0.2, 0.25) is 0 Å². The third-order valence-electron chi connectivity index (χ3n) is 4.25. The van der Waals surface area contributed by atoms with Crippen LogP contribution in [0.1, 0.15) is 5.56 Å². The van der Waals surface area contributed by atoms with Crippen molar-refractivity contribution >= 4 is 21.0 Å². The van der Waals surface area contributed by atoms with E-state index >= 15 is 0 Å². The van der Waals surface area contributed by atoms with Crippen molar-refractivity contribution in [2.75, 3.05) is 7.11 Å². The molecule has 2 heterocycles. The predicted octanol–water partition coefficient (Wildman–Crippen LogP) is -0.0468. The number of fused-ring (bicyclic) bond motifs is 1. The number of aromatic nitrogens is 4. The van der Waals surface area contributed by atoms with Gasteiger partial charge in [0.15, 0.2) is 11.2 Å². The molecule has 0 spiro atoms. The maximum Gasteiger partial charge on any atom is 0.332 e. The molecule has 0 fully saturated rings. The van der Waals surface area contributed by atoms with Gasteiger partial charge in [-0.2, -0.15) is 4.98 Å². The molecule has 0 saturated carbocycles. The number of sulfone groups is 1. The molecular formula is C16H18N4O5S. The SMILES string of the molecule is COc1ccccc1CS(=O)(=O)c1nc2c(c(=O)n(C)c(=O)n2C)n1C. The van der Waals surface area contributed by atoms with E-state index in [2.05, 4.69) is 4.98 Å². The van der Waals surface area contributed by atoms with Crippen LogP contribution in [-0.2, 0) is 36.7 Å². The molecule has 10 heteroatoms. The van der Waals surface area contributed by atoms with Crippen molar-refractivity contribution in [2.45, 2.75) is 10.9 Å². The summed E-state index contributed by atoms with van der Waals surface area (Å²) in [4.78, 5) is 28.5. The number of hydrogen-bond acceptors (Lipinski definition) is 6. The van der Waals surface area contributed by atoms with Crippen LogP contribution in [0.4, 0.5) is 0 Å². The van der Waals surface area contributed by atoms with Gasteiger partial charge >= 0.3 is 5.69 Å². The van der Waals surface area contributed by atoms with Crippen LogP contribution in [0.25, 0.3) is 11.2 Å². The molecule has 0 unspecified atom stereocenters. The standard InChI is InChI=1S/C16H18N4O5S/c1-18-12-13(19(2)16(22)20(3)14(12)21)17-15(18)26(23,24)9-10-7-5-6-8-11(10)25-4/h5-8H,9H2,1-4H3. The minimum absolute atomic E-state index is 0.0270. The molecule has 1 aromatic carbocycles. The number of imidazole rings is 1. The monoisotopic (exact) mass is 378 g/mol. The zero-order chi connectivity index (χ0) is 19.2. The van der Waals surface area contributed by atoms with Crippen molar-refractivity contribution in [3.05, 3.63) is 50.7 Å². The minimum atomic E-state index is -3.89. The number of ether oxygens (including phenoxy) is 1. The van der Waals surface area contributed by atoms with Crippen molar-refractivity contribution < 1.29 is 13.2 Å². The highest BCUT2D eigenvalue weighted by Crippen LogP contribution is 2.24. The highest BCUT2D eigenvalue weighted by molar-refractivity contribution is 7.90. The first-order valence-electron chi connectivity index (χ1n) is 7.66. The van der Waals surface area contributed by atoms with Crippen LogP contribution in [0, 0.1) is 0 Å². The van der Waals surface area contributed by atoms with Crippen molar-refractivity contribution in [1.29, 1.82) is 0 Å². The van der Waals surface area contributed by atoms with Gasteiger partial charge < -0.3 is 9.30 Å². The Balaban J connectivity index is 2.24. The Bertz CT molecular complexity index is 1230. The van der Waals surface area contributed by atoms with E-state index in [-0.39, 0.29) is 22.1 Å². The molecule has 0 atom stereocenters. The number of rotatable bonds is 4. The van der Waals surface area contributed by atoms with E-state index in [1.165, 1.54) is 32.8 Å². The van der Waals surface area contributed by atoms with Gasteiger partial charge in [-0.3, -0.25) is 13.9 Å². The largest absolute Gasteiger partial charge is 0.496 e. The molecular weight excluding hydrogens is 360 g/mol. The Morgan fingerprint density at radius 2 is 1.69 bits per heavy atom. The molecule has 0 amide bonds. The van der Waals surface area contributed by atoms with Crippen molar-refractivity contribution in [2.24, 2.45) is 21.1 Å². The predicted molar refractivity (Wildman–Crippen MR) is 95.1 cm³/mol. The van der Waals surface area contributed by atoms with Gasteiger partial charge in [0.2, 0.25) is 15.0 Å². The summed E-state index contributed by atoms with van der Waals surface area (Å²) >= 11 is 0. The summed E-state index contributed by atoms with van der Waals surface area (Å²) in [6.07, 6.45) is 0. The van der Waals surface area contributed by atoms with E-state index in [9.17, 15) is 18.0 Å². The second-order valence-corrected chi connectivity index (χ2v) is 7.79. The second-order valence-electron chi connectivity index (χ2n) is 5.90. The van der Waals surface area contributed by atoms with Crippen LogP contribution >= 0.6 is 0 Å². The molecule has 0 bridgehead atoms. The first-order chi connectivity index (χ1) is 12.2. The molecule has 2 aromatic heterocycles. The Morgan fingerprint density at radius 1 is 1.04 bits per heavy atom. The molecule has 0 radical (unpaired) electrons. The molecule has 0 aliphatic carbocycles. The summed E-state index contributed by atoms with van der Waals surface area (Å²) in [5, 5.41) is -0.281. The summed E-state index contributed by atoms with van der Waals surface area (Å²) in [6, 6.07) is 6.76. The Morgan fingerprint density at radius 3 is 2.35 bits per heavy atom. The molecule has 0 saturated heterocycles. The summed E-state index contributed by atoms with van der Waals surface area (Å²) in [7, 11) is 1.78. The lowest BCUT2D eigenvalue weighted by Crippen LogP contribution is -2.37. The summed E-state index contributed by atoms with van der Waals surface area (Å²) in [5.41, 5.74) is -0.623. The summed E-state index contributed by atoms with van der Waals surface area (Å²) < 4.78 is 34.3. The average molecular weight is 378 g/mol. The van der Waals surface area contributed by atoms with Gasteiger partial charge in [-0.1, -0.05) is 18.2 Å². The van der Waals surface area contributed by atoms with Gasteiger partial charge in [-0.15, -0.1) is 0 Å². The maximum absolute atomic E-state index is 12.9. The second kappa shape index (κ2) is 6.13. The fourth-order valence-electron chi connectivity index (χ4n) is 2.87. The van der Waals surface area contributed by atoms with Crippen molar-refractivity contribution in [3.8, 4) is 5.75 Å². The normalized spacial score (nSPS) is 11.8. The summed E-state index contributed by atoms with van der Waals surface area (Å²) in [6.45, 7) is 0. The molecule has 0 aliphatic heterocycles. The van der Waals surface area contributed by atoms with Crippen molar-refractivity contribution in [3.63, 3.8) is 0 Å². The van der Waals surface area contributed by atoms with Crippen LogP contribution < -0.4 is 16.0 Å². The van der Waals surface area contributed by atoms with E-state index in [1.807, 2.05) is 0 Å². The van der Waals surface area contributed by atoms with Gasteiger partial charge in [-0.05, 0) is 6.07 Å². The lowest BCUT2D eigenvalue weighted by Gasteiger charge is -2.08.